The molecule has 0 bridgehead atoms. The number of aryl methyl sites for hydroxylation is 1. The molecule has 0 saturated heterocycles. The summed E-state index contributed by atoms with van der Waals surface area (Å²) in [5.41, 5.74) is 8.13. The van der Waals surface area contributed by atoms with Gasteiger partial charge in [0.15, 0.2) is 5.76 Å². The van der Waals surface area contributed by atoms with E-state index in [4.69, 9.17) is 4.42 Å². The smallest absolute Gasteiger partial charge is 0.307 e. The van der Waals surface area contributed by atoms with Crippen LogP contribution in [0.2, 0.25) is 0 Å². The van der Waals surface area contributed by atoms with Crippen molar-refractivity contribution in [2.24, 2.45) is 5.10 Å². The number of carbonyl (C=O) groups excluding carboxylic acids is 1. The van der Waals surface area contributed by atoms with Crippen LogP contribution < -0.4 is 10.3 Å². The third-order valence-corrected chi connectivity index (χ3v) is 6.04. The van der Waals surface area contributed by atoms with Gasteiger partial charge in [-0.3, -0.25) is 4.79 Å². The normalized spacial score (nSPS) is 18.2. The number of hydrogen-bond acceptors (Lipinski definition) is 4. The van der Waals surface area contributed by atoms with E-state index in [-0.39, 0.29) is 17.2 Å². The predicted octanol–water partition coefficient (Wildman–Crippen LogP) is 5.23. The second-order valence-electron chi connectivity index (χ2n) is 8.59. The Balaban J connectivity index is 1.54. The number of carbonyl (C=O) groups is 1. The lowest BCUT2D eigenvalue weighted by molar-refractivity contribution is 0.0929. The molecule has 0 fully saturated rings. The molecule has 1 atom stereocenters. The van der Waals surface area contributed by atoms with E-state index in [9.17, 15) is 4.79 Å². The summed E-state index contributed by atoms with van der Waals surface area (Å²) in [6.45, 7) is 8.91. The van der Waals surface area contributed by atoms with Crippen molar-refractivity contribution in [3.63, 3.8) is 0 Å². The van der Waals surface area contributed by atoms with Gasteiger partial charge in [0.1, 0.15) is 5.58 Å². The minimum atomic E-state index is -0.358. The minimum absolute atomic E-state index is 0.134. The number of nitrogens with zero attached hydrogens (tertiary/aromatic N) is 2. The van der Waals surface area contributed by atoms with Crippen LogP contribution >= 0.6 is 0 Å². The molecule has 5 nitrogen and oxygen atoms in total. The zero-order valence-electron chi connectivity index (χ0n) is 17.6. The average molecular weight is 389 g/mol. The Kier molecular flexibility index (Phi) is 4.69. The minimum Gasteiger partial charge on any atom is -0.451 e. The highest BCUT2D eigenvalue weighted by Gasteiger charge is 2.34. The maximum Gasteiger partial charge on any atom is 0.307 e. The molecule has 2 aromatic carbocycles. The molecule has 0 spiro atoms. The van der Waals surface area contributed by atoms with Crippen molar-refractivity contribution in [2.45, 2.75) is 45.6 Å². The van der Waals surface area contributed by atoms with Crippen LogP contribution in [0.25, 0.3) is 11.0 Å². The van der Waals surface area contributed by atoms with Crippen molar-refractivity contribution in [3.05, 3.63) is 64.9 Å². The first-order chi connectivity index (χ1) is 13.8. The number of anilines is 1. The second kappa shape index (κ2) is 7.07. The van der Waals surface area contributed by atoms with Crippen molar-refractivity contribution >= 4 is 28.8 Å². The fourth-order valence-corrected chi connectivity index (χ4v) is 4.18. The molecular formula is C24H27N3O2. The SMILES string of the molecule is Cc1cc2c(cc1/C=N/NC(=O)c1cc3ccccc3o1)C(C)CC(C)(C)N2C. The number of para-hydroxylation sites is 1. The third-order valence-electron chi connectivity index (χ3n) is 6.04. The number of fused-ring (bicyclic) bond motifs is 2. The van der Waals surface area contributed by atoms with Crippen LogP contribution in [-0.4, -0.2) is 24.7 Å². The molecule has 0 radical (unpaired) electrons. The van der Waals surface area contributed by atoms with Gasteiger partial charge in [0, 0.05) is 23.7 Å². The Bertz CT molecular complexity index is 1080. The summed E-state index contributed by atoms with van der Waals surface area (Å²) in [6.07, 6.45) is 2.81. The standard InChI is InChI=1S/C24H27N3O2/c1-15-10-20-19(16(2)13-24(3,4)27(20)5)11-18(15)14-25-26-23(28)22-12-17-8-6-7-9-21(17)29-22/h6-12,14,16H,13H2,1-5H3,(H,26,28)/b25-14+. The van der Waals surface area contributed by atoms with Gasteiger partial charge < -0.3 is 9.32 Å². The number of hydrazone groups is 1. The van der Waals surface area contributed by atoms with E-state index in [2.05, 4.69) is 62.3 Å². The van der Waals surface area contributed by atoms with Crippen LogP contribution in [0.1, 0.15) is 60.4 Å². The van der Waals surface area contributed by atoms with E-state index in [0.717, 1.165) is 22.9 Å². The monoisotopic (exact) mass is 389 g/mol. The number of furan rings is 1. The lowest BCUT2D eigenvalue weighted by Crippen LogP contribution is -2.45. The Hall–Kier alpha value is -3.08. The fraction of sp³-hybridized carbons (Fsp3) is 0.333. The first kappa shape index (κ1) is 19.2. The summed E-state index contributed by atoms with van der Waals surface area (Å²) in [4.78, 5) is 14.7. The quantitative estimate of drug-likeness (QED) is 0.493. The predicted molar refractivity (Wildman–Crippen MR) is 118 cm³/mol. The Morgan fingerprint density at radius 1 is 1.28 bits per heavy atom. The number of benzene rings is 2. The van der Waals surface area contributed by atoms with Crippen LogP contribution in [0.3, 0.4) is 0 Å². The molecule has 5 heteroatoms. The highest BCUT2D eigenvalue weighted by molar-refractivity contribution is 5.96. The van der Waals surface area contributed by atoms with Crippen LogP contribution in [0.4, 0.5) is 5.69 Å². The molecule has 1 aliphatic heterocycles. The van der Waals surface area contributed by atoms with E-state index in [1.165, 1.54) is 11.3 Å². The first-order valence-corrected chi connectivity index (χ1v) is 9.96. The zero-order chi connectivity index (χ0) is 20.8. The molecule has 1 aromatic heterocycles. The van der Waals surface area contributed by atoms with Gasteiger partial charge in [-0.15, -0.1) is 0 Å². The molecule has 150 valence electrons. The van der Waals surface area contributed by atoms with E-state index < -0.39 is 0 Å². The van der Waals surface area contributed by atoms with Crippen molar-refractivity contribution in [1.29, 1.82) is 0 Å². The maximum atomic E-state index is 12.4. The van der Waals surface area contributed by atoms with Gasteiger partial charge >= 0.3 is 5.91 Å². The molecule has 1 amide bonds. The zero-order valence-corrected chi connectivity index (χ0v) is 17.6. The number of rotatable bonds is 3. The average Bonchev–Trinajstić information content (AvgIpc) is 3.11. The van der Waals surface area contributed by atoms with Gasteiger partial charge in [0.25, 0.3) is 0 Å². The molecule has 1 unspecified atom stereocenters. The van der Waals surface area contributed by atoms with Crippen molar-refractivity contribution in [3.8, 4) is 0 Å². The maximum absolute atomic E-state index is 12.4. The molecule has 1 N–H and O–H groups in total. The van der Waals surface area contributed by atoms with Gasteiger partial charge in [0.05, 0.1) is 6.21 Å². The van der Waals surface area contributed by atoms with Crippen LogP contribution in [-0.2, 0) is 0 Å². The molecule has 0 aliphatic carbocycles. The lowest BCUT2D eigenvalue weighted by atomic mass is 9.79. The molecule has 29 heavy (non-hydrogen) atoms. The van der Waals surface area contributed by atoms with Gasteiger partial charge in [0.2, 0.25) is 0 Å². The topological polar surface area (TPSA) is 57.8 Å². The van der Waals surface area contributed by atoms with Crippen LogP contribution in [0, 0.1) is 6.92 Å². The van der Waals surface area contributed by atoms with Gasteiger partial charge in [-0.05, 0) is 74.1 Å². The van der Waals surface area contributed by atoms with Crippen molar-refractivity contribution in [1.82, 2.24) is 5.43 Å². The van der Waals surface area contributed by atoms with Crippen molar-refractivity contribution in [2.75, 3.05) is 11.9 Å². The fourth-order valence-electron chi connectivity index (χ4n) is 4.18. The summed E-state index contributed by atoms with van der Waals surface area (Å²) >= 11 is 0. The first-order valence-electron chi connectivity index (χ1n) is 9.96. The van der Waals surface area contributed by atoms with Gasteiger partial charge in [-0.2, -0.15) is 5.10 Å². The van der Waals surface area contributed by atoms with E-state index >= 15 is 0 Å². The summed E-state index contributed by atoms with van der Waals surface area (Å²) in [6, 6.07) is 13.7. The van der Waals surface area contributed by atoms with Gasteiger partial charge in [-0.25, -0.2) is 5.43 Å². The molecular weight excluding hydrogens is 362 g/mol. The Labute approximate surface area is 171 Å². The van der Waals surface area contributed by atoms with Crippen LogP contribution in [0.15, 0.2) is 52.0 Å². The van der Waals surface area contributed by atoms with Crippen LogP contribution in [0.5, 0.6) is 0 Å². The number of nitrogens with one attached hydrogen (secondary N) is 1. The van der Waals surface area contributed by atoms with E-state index in [1.807, 2.05) is 24.3 Å². The summed E-state index contributed by atoms with van der Waals surface area (Å²) in [5.74, 6) is 0.361. The Morgan fingerprint density at radius 3 is 2.79 bits per heavy atom. The largest absolute Gasteiger partial charge is 0.451 e. The van der Waals surface area contributed by atoms with Gasteiger partial charge in [-0.1, -0.05) is 25.1 Å². The Morgan fingerprint density at radius 2 is 2.03 bits per heavy atom. The number of amides is 1. The highest BCUT2D eigenvalue weighted by atomic mass is 16.3. The molecule has 2 heterocycles. The lowest BCUT2D eigenvalue weighted by Gasteiger charge is -2.45. The highest BCUT2D eigenvalue weighted by Crippen LogP contribution is 2.43. The molecule has 3 aromatic rings. The summed E-state index contributed by atoms with van der Waals surface area (Å²) < 4.78 is 5.58. The van der Waals surface area contributed by atoms with Crippen molar-refractivity contribution < 1.29 is 9.21 Å². The third kappa shape index (κ3) is 3.53. The molecule has 4 rings (SSSR count). The van der Waals surface area contributed by atoms with E-state index in [0.29, 0.717) is 11.5 Å². The molecule has 1 aliphatic rings. The number of hydrogen-bond donors (Lipinski definition) is 1. The molecule has 0 saturated carbocycles. The summed E-state index contributed by atoms with van der Waals surface area (Å²) in [5, 5.41) is 5.07. The summed E-state index contributed by atoms with van der Waals surface area (Å²) in [7, 11) is 2.16. The van der Waals surface area contributed by atoms with E-state index in [1.54, 1.807) is 12.3 Å². The second-order valence-corrected chi connectivity index (χ2v) is 8.59.